The molecule has 0 amide bonds. The highest BCUT2D eigenvalue weighted by Crippen LogP contribution is 2.24. The Balaban J connectivity index is 2.09. The van der Waals surface area contributed by atoms with E-state index in [1.165, 1.54) is 11.4 Å². The lowest BCUT2D eigenvalue weighted by molar-refractivity contribution is 0.256. The van der Waals surface area contributed by atoms with Crippen LogP contribution in [0.5, 0.6) is 0 Å². The first-order chi connectivity index (χ1) is 4.47. The number of nitrogens with one attached hydrogen (secondary N) is 1. The molecule has 0 spiro atoms. The summed E-state index contributed by atoms with van der Waals surface area (Å²) in [5.74, 6) is 2.92. The Morgan fingerprint density at radius 2 is 2.78 bits per heavy atom. The van der Waals surface area contributed by atoms with Crippen LogP contribution >= 0.6 is 11.8 Å². The second kappa shape index (κ2) is 2.14. The highest BCUT2D eigenvalue weighted by atomic mass is 32.2. The number of hydrogen-bond donors (Lipinski definition) is 1. The molecule has 50 valence electrons. The van der Waals surface area contributed by atoms with Crippen LogP contribution in [0.15, 0.2) is 12.0 Å². The minimum absolute atomic E-state index is 0.656. The van der Waals surface area contributed by atoms with Crippen LogP contribution in [0.4, 0.5) is 0 Å². The highest BCUT2D eigenvalue weighted by molar-refractivity contribution is 7.99. The van der Waals surface area contributed by atoms with Crippen LogP contribution in [0.1, 0.15) is 0 Å². The van der Waals surface area contributed by atoms with Gasteiger partial charge in [0.05, 0.1) is 18.2 Å². The Bertz CT molecular complexity index is 146. The molecule has 2 aliphatic rings. The second-order valence-electron chi connectivity index (χ2n) is 2.30. The lowest BCUT2D eigenvalue weighted by Gasteiger charge is -2.19. The van der Waals surface area contributed by atoms with Crippen molar-refractivity contribution in [2.45, 2.75) is 0 Å². The minimum Gasteiger partial charge on any atom is -0.499 e. The van der Waals surface area contributed by atoms with E-state index in [1.807, 2.05) is 18.0 Å². The summed E-state index contributed by atoms with van der Waals surface area (Å²) in [4.78, 5) is 0. The number of ether oxygens (including phenoxy) is 1. The van der Waals surface area contributed by atoms with Gasteiger partial charge in [-0.25, -0.2) is 0 Å². The molecule has 3 heteroatoms. The van der Waals surface area contributed by atoms with E-state index < -0.39 is 0 Å². The zero-order chi connectivity index (χ0) is 6.10. The molecule has 1 N–H and O–H groups in total. The van der Waals surface area contributed by atoms with E-state index in [0.717, 1.165) is 12.5 Å². The Morgan fingerprint density at radius 1 is 1.78 bits per heavy atom. The summed E-state index contributed by atoms with van der Waals surface area (Å²) in [5, 5.41) is 3.28. The van der Waals surface area contributed by atoms with E-state index in [0.29, 0.717) is 5.92 Å². The first kappa shape index (κ1) is 5.47. The summed E-state index contributed by atoms with van der Waals surface area (Å²) >= 11 is 1.94. The normalized spacial score (nSPS) is 32.0. The van der Waals surface area contributed by atoms with Crippen molar-refractivity contribution in [2.75, 3.05) is 18.2 Å². The van der Waals surface area contributed by atoms with Crippen LogP contribution in [0.25, 0.3) is 0 Å². The predicted molar refractivity (Wildman–Crippen MR) is 38.0 cm³/mol. The van der Waals surface area contributed by atoms with Gasteiger partial charge in [-0.05, 0) is 0 Å². The molecule has 0 aliphatic carbocycles. The number of rotatable bonds is 0. The first-order valence-corrected chi connectivity index (χ1v) is 4.25. The van der Waals surface area contributed by atoms with Crippen LogP contribution < -0.4 is 5.32 Å². The fraction of sp³-hybridized carbons (Fsp3) is 0.667. The maximum absolute atomic E-state index is 5.15. The van der Waals surface area contributed by atoms with Gasteiger partial charge in [0, 0.05) is 11.7 Å². The van der Waals surface area contributed by atoms with Gasteiger partial charge >= 0.3 is 0 Å². The Hall–Kier alpha value is -0.310. The fourth-order valence-electron chi connectivity index (χ4n) is 1.10. The van der Waals surface area contributed by atoms with Crippen molar-refractivity contribution in [2.24, 2.45) is 5.92 Å². The average Bonchev–Trinajstić information content (AvgIpc) is 2.33. The van der Waals surface area contributed by atoms with E-state index in [9.17, 15) is 0 Å². The zero-order valence-corrected chi connectivity index (χ0v) is 5.91. The van der Waals surface area contributed by atoms with Crippen molar-refractivity contribution < 1.29 is 4.74 Å². The fourth-order valence-corrected chi connectivity index (χ4v) is 2.05. The van der Waals surface area contributed by atoms with E-state index >= 15 is 0 Å². The van der Waals surface area contributed by atoms with Crippen molar-refractivity contribution in [1.82, 2.24) is 5.32 Å². The van der Waals surface area contributed by atoms with Gasteiger partial charge in [-0.3, -0.25) is 0 Å². The van der Waals surface area contributed by atoms with Crippen LogP contribution in [0.3, 0.4) is 0 Å². The Labute approximate surface area is 58.6 Å². The molecular formula is C6H9NOS. The van der Waals surface area contributed by atoms with Gasteiger partial charge < -0.3 is 10.1 Å². The number of thioether (sulfide) groups is 1. The summed E-state index contributed by atoms with van der Waals surface area (Å²) in [7, 11) is 0. The van der Waals surface area contributed by atoms with Gasteiger partial charge in [-0.1, -0.05) is 0 Å². The molecule has 2 heterocycles. The largest absolute Gasteiger partial charge is 0.499 e. The van der Waals surface area contributed by atoms with Crippen LogP contribution in [0.2, 0.25) is 0 Å². The molecule has 2 aliphatic heterocycles. The average molecular weight is 143 g/mol. The van der Waals surface area contributed by atoms with E-state index in [4.69, 9.17) is 4.74 Å². The summed E-state index contributed by atoms with van der Waals surface area (Å²) in [6, 6.07) is 0. The standard InChI is InChI=1S/C6H9NOS/c1-5-3-9-4-7-6(5)2-8-1/h2,5,7H,1,3-4H2. The third-order valence-corrected chi connectivity index (χ3v) is 2.63. The van der Waals surface area contributed by atoms with Crippen LogP contribution in [-0.2, 0) is 4.74 Å². The zero-order valence-electron chi connectivity index (χ0n) is 5.09. The Morgan fingerprint density at radius 3 is 3.67 bits per heavy atom. The molecule has 2 rings (SSSR count). The highest BCUT2D eigenvalue weighted by Gasteiger charge is 2.23. The predicted octanol–water partition coefficient (Wildman–Crippen LogP) is 0.768. The molecule has 2 nitrogen and oxygen atoms in total. The number of hydrogen-bond acceptors (Lipinski definition) is 3. The molecule has 1 fully saturated rings. The van der Waals surface area contributed by atoms with Gasteiger partial charge in [0.1, 0.15) is 6.26 Å². The summed E-state index contributed by atoms with van der Waals surface area (Å²) in [5.41, 5.74) is 1.30. The molecule has 0 bridgehead atoms. The van der Waals surface area contributed by atoms with Gasteiger partial charge in [-0.15, -0.1) is 11.8 Å². The summed E-state index contributed by atoms with van der Waals surface area (Å²) in [6.07, 6.45) is 1.85. The van der Waals surface area contributed by atoms with Gasteiger partial charge in [-0.2, -0.15) is 0 Å². The summed E-state index contributed by atoms with van der Waals surface area (Å²) in [6.45, 7) is 0.884. The lowest BCUT2D eigenvalue weighted by Crippen LogP contribution is -2.26. The van der Waals surface area contributed by atoms with Crippen LogP contribution in [-0.4, -0.2) is 18.2 Å². The SMILES string of the molecule is C1=C2NCSCC2CO1. The third kappa shape index (κ3) is 0.894. The van der Waals surface area contributed by atoms with Crippen molar-refractivity contribution >= 4 is 11.8 Å². The molecule has 9 heavy (non-hydrogen) atoms. The van der Waals surface area contributed by atoms with Gasteiger partial charge in [0.15, 0.2) is 0 Å². The smallest absolute Gasteiger partial charge is 0.102 e. The molecule has 0 aromatic carbocycles. The van der Waals surface area contributed by atoms with E-state index in [-0.39, 0.29) is 0 Å². The van der Waals surface area contributed by atoms with Gasteiger partial charge in [0.2, 0.25) is 0 Å². The summed E-state index contributed by atoms with van der Waals surface area (Å²) < 4.78 is 5.15. The monoisotopic (exact) mass is 143 g/mol. The van der Waals surface area contributed by atoms with Gasteiger partial charge in [0.25, 0.3) is 0 Å². The van der Waals surface area contributed by atoms with E-state index in [1.54, 1.807) is 0 Å². The number of fused-ring (bicyclic) bond motifs is 1. The van der Waals surface area contributed by atoms with Crippen molar-refractivity contribution in [1.29, 1.82) is 0 Å². The molecule has 0 saturated carbocycles. The van der Waals surface area contributed by atoms with Crippen LogP contribution in [0, 0.1) is 5.92 Å². The molecule has 0 aromatic rings. The molecule has 1 atom stereocenters. The minimum atomic E-state index is 0.656. The second-order valence-corrected chi connectivity index (χ2v) is 3.33. The Kier molecular flexibility index (Phi) is 1.30. The molecule has 0 aromatic heterocycles. The maximum Gasteiger partial charge on any atom is 0.102 e. The molecule has 1 saturated heterocycles. The molecule has 0 radical (unpaired) electrons. The van der Waals surface area contributed by atoms with Crippen molar-refractivity contribution in [3.63, 3.8) is 0 Å². The van der Waals surface area contributed by atoms with Crippen molar-refractivity contribution in [3.8, 4) is 0 Å². The third-order valence-electron chi connectivity index (χ3n) is 1.64. The first-order valence-electron chi connectivity index (χ1n) is 3.10. The maximum atomic E-state index is 5.15. The van der Waals surface area contributed by atoms with E-state index in [2.05, 4.69) is 5.32 Å². The van der Waals surface area contributed by atoms with Crippen molar-refractivity contribution in [3.05, 3.63) is 12.0 Å². The lowest BCUT2D eigenvalue weighted by atomic mass is 10.1. The topological polar surface area (TPSA) is 21.3 Å². The molecule has 1 unspecified atom stereocenters. The quantitative estimate of drug-likeness (QED) is 0.541. The molecular weight excluding hydrogens is 134 g/mol.